The van der Waals surface area contributed by atoms with E-state index in [0.717, 1.165) is 12.1 Å². The number of rotatable bonds is 1. The Morgan fingerprint density at radius 2 is 1.84 bits per heavy atom. The van der Waals surface area contributed by atoms with Crippen molar-refractivity contribution in [1.29, 1.82) is 0 Å². The predicted molar refractivity (Wildman–Crippen MR) is 63.4 cm³/mol. The number of hydrogen-bond acceptors (Lipinski definition) is 2. The van der Waals surface area contributed by atoms with E-state index in [-0.39, 0.29) is 11.6 Å². The third-order valence-electron chi connectivity index (χ3n) is 2.36. The Morgan fingerprint density at radius 3 is 2.32 bits per heavy atom. The van der Waals surface area contributed by atoms with Crippen molar-refractivity contribution in [2.24, 2.45) is 5.92 Å². The fourth-order valence-electron chi connectivity index (χ4n) is 1.38. The maximum Gasteiger partial charge on any atom is 0.433 e. The minimum Gasteiger partial charge on any atom is -0.398 e. The zero-order chi connectivity index (χ0) is 14.8. The number of halogens is 4. The molecule has 0 aliphatic heterocycles. The van der Waals surface area contributed by atoms with Crippen LogP contribution in [-0.2, 0) is 5.60 Å². The highest BCUT2D eigenvalue weighted by Crippen LogP contribution is 2.41. The van der Waals surface area contributed by atoms with Gasteiger partial charge in [0.15, 0.2) is 0 Å². The maximum atomic E-state index is 13.1. The smallest absolute Gasteiger partial charge is 0.398 e. The van der Waals surface area contributed by atoms with E-state index in [9.17, 15) is 22.7 Å². The van der Waals surface area contributed by atoms with Gasteiger partial charge in [0, 0.05) is 17.2 Å². The molecular weight excluding hydrogens is 262 g/mol. The molecule has 19 heavy (non-hydrogen) atoms. The molecule has 1 atom stereocenters. The first-order valence-electron chi connectivity index (χ1n) is 5.45. The lowest BCUT2D eigenvalue weighted by Gasteiger charge is -2.27. The lowest BCUT2D eigenvalue weighted by atomic mass is 9.91. The van der Waals surface area contributed by atoms with E-state index < -0.39 is 23.2 Å². The van der Waals surface area contributed by atoms with Gasteiger partial charge in [-0.25, -0.2) is 4.39 Å². The summed E-state index contributed by atoms with van der Waals surface area (Å²) in [5.74, 6) is 2.68. The summed E-state index contributed by atoms with van der Waals surface area (Å²) < 4.78 is 52.1. The molecule has 0 spiro atoms. The summed E-state index contributed by atoms with van der Waals surface area (Å²) in [6.07, 6.45) is -5.09. The van der Waals surface area contributed by atoms with Crippen molar-refractivity contribution in [3.63, 3.8) is 0 Å². The third kappa shape index (κ3) is 3.18. The zero-order valence-electron chi connectivity index (χ0n) is 10.3. The monoisotopic (exact) mass is 275 g/mol. The molecule has 6 heteroatoms. The average molecular weight is 275 g/mol. The van der Waals surface area contributed by atoms with Gasteiger partial charge in [-0.05, 0) is 18.2 Å². The fourth-order valence-corrected chi connectivity index (χ4v) is 1.38. The average Bonchev–Trinajstić information content (AvgIpc) is 2.27. The van der Waals surface area contributed by atoms with Crippen molar-refractivity contribution >= 4 is 5.69 Å². The Morgan fingerprint density at radius 1 is 1.26 bits per heavy atom. The second-order valence-electron chi connectivity index (χ2n) is 4.36. The van der Waals surface area contributed by atoms with Gasteiger partial charge < -0.3 is 10.8 Å². The Balaban J connectivity index is 3.50. The van der Waals surface area contributed by atoms with Crippen molar-refractivity contribution in [3.05, 3.63) is 29.6 Å². The lowest BCUT2D eigenvalue weighted by Crippen LogP contribution is -2.41. The van der Waals surface area contributed by atoms with Crippen LogP contribution in [0.3, 0.4) is 0 Å². The molecule has 104 valence electrons. The van der Waals surface area contributed by atoms with Crippen LogP contribution in [0.1, 0.15) is 19.4 Å². The Labute approximate surface area is 108 Å². The molecule has 1 rings (SSSR count). The molecule has 0 aliphatic rings. The minimum atomic E-state index is -5.09. The molecule has 0 radical (unpaired) electrons. The molecule has 0 heterocycles. The van der Waals surface area contributed by atoms with E-state index in [1.807, 2.05) is 0 Å². The number of nitrogen functional groups attached to an aromatic ring is 1. The van der Waals surface area contributed by atoms with Crippen LogP contribution in [0.4, 0.5) is 23.2 Å². The van der Waals surface area contributed by atoms with Gasteiger partial charge in [-0.2, -0.15) is 13.2 Å². The molecule has 0 aliphatic carbocycles. The third-order valence-corrected chi connectivity index (χ3v) is 2.36. The van der Waals surface area contributed by atoms with Gasteiger partial charge in [-0.3, -0.25) is 0 Å². The second kappa shape index (κ2) is 5.10. The van der Waals surface area contributed by atoms with Crippen molar-refractivity contribution in [2.45, 2.75) is 25.6 Å². The summed E-state index contributed by atoms with van der Waals surface area (Å²) in [7, 11) is 0. The molecule has 0 saturated carbocycles. The van der Waals surface area contributed by atoms with Crippen molar-refractivity contribution < 1.29 is 22.7 Å². The zero-order valence-corrected chi connectivity index (χ0v) is 10.3. The van der Waals surface area contributed by atoms with E-state index in [4.69, 9.17) is 5.73 Å². The highest BCUT2D eigenvalue weighted by Gasteiger charge is 2.55. The van der Waals surface area contributed by atoms with Crippen LogP contribution >= 0.6 is 0 Å². The number of nitrogens with two attached hydrogens (primary N) is 1. The molecule has 2 nitrogen and oxygen atoms in total. The lowest BCUT2D eigenvalue weighted by molar-refractivity contribution is -0.240. The highest BCUT2D eigenvalue weighted by atomic mass is 19.4. The van der Waals surface area contributed by atoms with Crippen LogP contribution in [0.25, 0.3) is 0 Å². The summed E-state index contributed by atoms with van der Waals surface area (Å²) in [5, 5.41) is 9.83. The molecule has 0 bridgehead atoms. The van der Waals surface area contributed by atoms with Gasteiger partial charge in [-0.1, -0.05) is 25.7 Å². The fraction of sp³-hybridized carbons (Fsp3) is 0.385. The quantitative estimate of drug-likeness (QED) is 0.470. The number of aliphatic hydroxyl groups is 1. The van der Waals surface area contributed by atoms with Crippen LogP contribution in [0.15, 0.2) is 18.2 Å². The molecule has 0 aromatic heterocycles. The first-order valence-corrected chi connectivity index (χ1v) is 5.45. The van der Waals surface area contributed by atoms with E-state index in [0.29, 0.717) is 6.07 Å². The summed E-state index contributed by atoms with van der Waals surface area (Å²) in [6, 6.07) is 2.40. The topological polar surface area (TPSA) is 46.2 Å². The van der Waals surface area contributed by atoms with Crippen LogP contribution in [0, 0.1) is 23.6 Å². The maximum absolute atomic E-state index is 13.1. The molecular formula is C13H13F4NO. The summed E-state index contributed by atoms with van der Waals surface area (Å²) >= 11 is 0. The number of benzene rings is 1. The van der Waals surface area contributed by atoms with Crippen molar-refractivity contribution in [2.75, 3.05) is 5.73 Å². The molecule has 0 saturated heterocycles. The summed E-state index contributed by atoms with van der Waals surface area (Å²) in [5.41, 5.74) is 0.728. The van der Waals surface area contributed by atoms with Crippen LogP contribution in [0.5, 0.6) is 0 Å². The normalized spacial score (nSPS) is 14.7. The predicted octanol–water partition coefficient (Wildman–Crippen LogP) is 2.82. The van der Waals surface area contributed by atoms with E-state index in [1.165, 1.54) is 0 Å². The Bertz CT molecular complexity index is 528. The van der Waals surface area contributed by atoms with Crippen LogP contribution < -0.4 is 5.73 Å². The van der Waals surface area contributed by atoms with E-state index in [1.54, 1.807) is 19.8 Å². The van der Waals surface area contributed by atoms with Gasteiger partial charge in [-0.15, -0.1) is 0 Å². The molecule has 1 unspecified atom stereocenters. The van der Waals surface area contributed by atoms with Gasteiger partial charge >= 0.3 is 6.18 Å². The summed E-state index contributed by atoms with van der Waals surface area (Å²) in [6.45, 7) is 3.14. The van der Waals surface area contributed by atoms with Crippen molar-refractivity contribution in [3.8, 4) is 11.8 Å². The molecule has 0 amide bonds. The molecule has 1 aromatic carbocycles. The van der Waals surface area contributed by atoms with Crippen LogP contribution in [0.2, 0.25) is 0 Å². The van der Waals surface area contributed by atoms with E-state index >= 15 is 0 Å². The SMILES string of the molecule is CC(C)C#CC(O)(c1cc(F)ccc1N)C(F)(F)F. The largest absolute Gasteiger partial charge is 0.433 e. The number of hydrogen-bond donors (Lipinski definition) is 2. The van der Waals surface area contributed by atoms with Crippen LogP contribution in [-0.4, -0.2) is 11.3 Å². The highest BCUT2D eigenvalue weighted by molar-refractivity contribution is 5.53. The minimum absolute atomic E-state index is 0.376. The number of alkyl halides is 3. The number of anilines is 1. The second-order valence-corrected chi connectivity index (χ2v) is 4.36. The van der Waals surface area contributed by atoms with Gasteiger partial charge in [0.05, 0.1) is 0 Å². The van der Waals surface area contributed by atoms with Crippen molar-refractivity contribution in [1.82, 2.24) is 0 Å². The Kier molecular flexibility index (Phi) is 4.11. The Hall–Kier alpha value is -1.74. The first-order chi connectivity index (χ1) is 8.58. The molecule has 3 N–H and O–H groups in total. The van der Waals surface area contributed by atoms with Gasteiger partial charge in [0.25, 0.3) is 0 Å². The summed E-state index contributed by atoms with van der Waals surface area (Å²) in [4.78, 5) is 0. The standard InChI is InChI=1S/C13H13F4NO/c1-8(2)5-6-12(19,13(15,16)17)10-7-9(14)3-4-11(10)18/h3-4,7-8,19H,18H2,1-2H3. The molecule has 0 fully saturated rings. The van der Waals surface area contributed by atoms with E-state index in [2.05, 4.69) is 5.92 Å². The van der Waals surface area contributed by atoms with Gasteiger partial charge in [0.2, 0.25) is 5.60 Å². The van der Waals surface area contributed by atoms with Gasteiger partial charge in [0.1, 0.15) is 5.82 Å². The molecule has 1 aromatic rings. The first kappa shape index (κ1) is 15.3.